The van der Waals surface area contributed by atoms with E-state index < -0.39 is 5.69 Å². The first-order valence-electron chi connectivity index (χ1n) is 10.3. The molecule has 0 spiro atoms. The highest BCUT2D eigenvalue weighted by atomic mass is 16.5. The molecule has 0 aliphatic carbocycles. The van der Waals surface area contributed by atoms with Gasteiger partial charge in [0.15, 0.2) is 11.2 Å². The largest absolute Gasteiger partial charge is 0.492 e. The van der Waals surface area contributed by atoms with E-state index in [1.807, 2.05) is 34.9 Å². The van der Waals surface area contributed by atoms with Crippen LogP contribution in [-0.2, 0) is 20.1 Å². The lowest BCUT2D eigenvalue weighted by Gasteiger charge is -2.28. The van der Waals surface area contributed by atoms with E-state index in [1.54, 1.807) is 14.0 Å². The van der Waals surface area contributed by atoms with Crippen LogP contribution in [-0.4, -0.2) is 51.5 Å². The van der Waals surface area contributed by atoms with Crippen LogP contribution in [0, 0.1) is 11.8 Å². The van der Waals surface area contributed by atoms with Gasteiger partial charge in [-0.05, 0) is 19.1 Å². The molecule has 0 amide bonds. The number of para-hydroxylation sites is 1. The number of nitrogens with one attached hydrogen (secondary N) is 1. The minimum atomic E-state index is -0.410. The van der Waals surface area contributed by atoms with Crippen molar-refractivity contribution in [3.05, 3.63) is 51.2 Å². The van der Waals surface area contributed by atoms with E-state index in [4.69, 9.17) is 9.72 Å². The third kappa shape index (κ3) is 4.07. The Morgan fingerprint density at radius 1 is 1.13 bits per heavy atom. The summed E-state index contributed by atoms with van der Waals surface area (Å²) < 4.78 is 10.2. The molecule has 31 heavy (non-hydrogen) atoms. The number of hydrogen-bond donors (Lipinski definition) is 1. The van der Waals surface area contributed by atoms with E-state index >= 15 is 0 Å². The molecule has 1 fully saturated rings. The number of anilines is 1. The maximum Gasteiger partial charge on any atom is 0.332 e. The molecule has 2 aromatic heterocycles. The van der Waals surface area contributed by atoms with Gasteiger partial charge in [0.1, 0.15) is 12.4 Å². The summed E-state index contributed by atoms with van der Waals surface area (Å²) in [5.41, 5.74) is -0.0199. The molecule has 0 atom stereocenters. The van der Waals surface area contributed by atoms with Crippen LogP contribution in [0.15, 0.2) is 39.9 Å². The van der Waals surface area contributed by atoms with E-state index in [0.717, 1.165) is 26.2 Å². The molecule has 0 saturated carbocycles. The molecule has 1 aromatic carbocycles. The smallest absolute Gasteiger partial charge is 0.332 e. The van der Waals surface area contributed by atoms with Crippen molar-refractivity contribution >= 4 is 17.1 Å². The van der Waals surface area contributed by atoms with Gasteiger partial charge >= 0.3 is 5.69 Å². The molecule has 9 nitrogen and oxygen atoms in total. The number of fused-ring (bicyclic) bond motifs is 1. The first-order valence-corrected chi connectivity index (χ1v) is 10.3. The average molecular weight is 422 g/mol. The number of benzene rings is 1. The summed E-state index contributed by atoms with van der Waals surface area (Å²) in [6.07, 6.45) is 0. The predicted molar refractivity (Wildman–Crippen MR) is 120 cm³/mol. The topological polar surface area (TPSA) is 86.3 Å². The van der Waals surface area contributed by atoms with Crippen molar-refractivity contribution < 1.29 is 4.74 Å². The van der Waals surface area contributed by atoms with E-state index in [0.29, 0.717) is 29.4 Å². The lowest BCUT2D eigenvalue weighted by molar-refractivity contribution is 0.292. The van der Waals surface area contributed by atoms with Gasteiger partial charge in [-0.3, -0.25) is 18.5 Å². The second kappa shape index (κ2) is 9.10. The Kier molecular flexibility index (Phi) is 6.09. The molecule has 0 unspecified atom stereocenters. The summed E-state index contributed by atoms with van der Waals surface area (Å²) in [5.74, 6) is 7.29. The van der Waals surface area contributed by atoms with Gasteiger partial charge in [0.2, 0.25) is 5.95 Å². The molecular formula is C22H26N6O3. The monoisotopic (exact) mass is 422 g/mol. The van der Waals surface area contributed by atoms with Gasteiger partial charge in [-0.15, -0.1) is 5.92 Å². The van der Waals surface area contributed by atoms with Crippen molar-refractivity contribution in [3.8, 4) is 17.6 Å². The van der Waals surface area contributed by atoms with Crippen molar-refractivity contribution in [2.45, 2.75) is 20.0 Å². The van der Waals surface area contributed by atoms with Gasteiger partial charge in [-0.1, -0.05) is 24.1 Å². The van der Waals surface area contributed by atoms with Crippen LogP contribution in [0.4, 0.5) is 5.95 Å². The second-order valence-electron chi connectivity index (χ2n) is 7.29. The maximum absolute atomic E-state index is 13.4. The summed E-state index contributed by atoms with van der Waals surface area (Å²) >= 11 is 0. The normalized spacial score (nSPS) is 13.8. The van der Waals surface area contributed by atoms with E-state index in [1.165, 1.54) is 9.13 Å². The fourth-order valence-corrected chi connectivity index (χ4v) is 3.74. The SMILES string of the molecule is CC#CCn1c(N2CCNCC2)nc2c1c(=O)n(CCOc1ccccc1)c(=O)n2C. The molecule has 3 heterocycles. The molecule has 0 radical (unpaired) electrons. The summed E-state index contributed by atoms with van der Waals surface area (Å²) in [6.45, 7) is 5.66. The van der Waals surface area contributed by atoms with E-state index in [2.05, 4.69) is 22.1 Å². The zero-order chi connectivity index (χ0) is 21.8. The number of aromatic nitrogens is 4. The van der Waals surface area contributed by atoms with Gasteiger partial charge in [-0.2, -0.15) is 4.98 Å². The predicted octanol–water partition coefficient (Wildman–Crippen LogP) is 0.409. The summed E-state index contributed by atoms with van der Waals surface area (Å²) in [5, 5.41) is 3.32. The highest BCUT2D eigenvalue weighted by Gasteiger charge is 2.24. The van der Waals surface area contributed by atoms with Crippen LogP contribution >= 0.6 is 0 Å². The van der Waals surface area contributed by atoms with Crippen LogP contribution in [0.5, 0.6) is 5.75 Å². The quantitative estimate of drug-likeness (QED) is 0.579. The number of rotatable bonds is 6. The van der Waals surface area contributed by atoms with Crippen LogP contribution in [0.25, 0.3) is 11.2 Å². The van der Waals surface area contributed by atoms with E-state index in [9.17, 15) is 9.59 Å². The molecule has 1 N–H and O–H groups in total. The number of imidazole rings is 1. The first kappa shape index (κ1) is 20.8. The zero-order valence-corrected chi connectivity index (χ0v) is 17.8. The van der Waals surface area contributed by atoms with Gasteiger partial charge in [0, 0.05) is 33.2 Å². The molecule has 1 aliphatic heterocycles. The Bertz CT molecular complexity index is 1240. The van der Waals surface area contributed by atoms with Crippen molar-refractivity contribution in [1.29, 1.82) is 0 Å². The Labute approximate surface area is 179 Å². The first-order chi connectivity index (χ1) is 15.1. The van der Waals surface area contributed by atoms with Crippen molar-refractivity contribution in [3.63, 3.8) is 0 Å². The van der Waals surface area contributed by atoms with Crippen LogP contribution < -0.4 is 26.2 Å². The maximum atomic E-state index is 13.4. The lowest BCUT2D eigenvalue weighted by atomic mass is 10.3. The third-order valence-corrected chi connectivity index (χ3v) is 5.35. The Morgan fingerprint density at radius 3 is 2.58 bits per heavy atom. The van der Waals surface area contributed by atoms with Gasteiger partial charge in [0.25, 0.3) is 5.56 Å². The third-order valence-electron chi connectivity index (χ3n) is 5.35. The number of ether oxygens (including phenoxy) is 1. The zero-order valence-electron chi connectivity index (χ0n) is 17.8. The molecule has 1 saturated heterocycles. The second-order valence-corrected chi connectivity index (χ2v) is 7.29. The molecule has 3 aromatic rings. The summed E-state index contributed by atoms with van der Waals surface area (Å²) in [7, 11) is 1.64. The van der Waals surface area contributed by atoms with Crippen LogP contribution in [0.1, 0.15) is 6.92 Å². The van der Waals surface area contributed by atoms with Gasteiger partial charge in [0.05, 0.1) is 13.1 Å². The Hall–Kier alpha value is -3.51. The molecule has 1 aliphatic rings. The molecule has 9 heteroatoms. The summed E-state index contributed by atoms with van der Waals surface area (Å²) in [4.78, 5) is 33.1. The Balaban J connectivity index is 1.76. The molecular weight excluding hydrogens is 396 g/mol. The highest BCUT2D eigenvalue weighted by Crippen LogP contribution is 2.20. The number of nitrogens with zero attached hydrogens (tertiary/aromatic N) is 5. The number of piperazine rings is 1. The standard InChI is InChI=1S/C22H26N6O3/c1-3-4-12-27-18-19(24-21(27)26-13-10-23-11-14-26)25(2)22(30)28(20(18)29)15-16-31-17-8-6-5-7-9-17/h5-9,23H,10-16H2,1-2H3. The highest BCUT2D eigenvalue weighted by molar-refractivity contribution is 5.74. The van der Waals surface area contributed by atoms with Crippen molar-refractivity contribution in [2.75, 3.05) is 37.7 Å². The molecule has 4 rings (SSSR count). The average Bonchev–Trinajstić information content (AvgIpc) is 3.19. The fourth-order valence-electron chi connectivity index (χ4n) is 3.74. The van der Waals surface area contributed by atoms with E-state index in [-0.39, 0.29) is 18.7 Å². The lowest BCUT2D eigenvalue weighted by Crippen LogP contribution is -2.44. The molecule has 162 valence electrons. The van der Waals surface area contributed by atoms with Gasteiger partial charge < -0.3 is 15.0 Å². The van der Waals surface area contributed by atoms with Crippen LogP contribution in [0.2, 0.25) is 0 Å². The van der Waals surface area contributed by atoms with Crippen molar-refractivity contribution in [1.82, 2.24) is 24.0 Å². The van der Waals surface area contributed by atoms with Gasteiger partial charge in [-0.25, -0.2) is 4.79 Å². The van der Waals surface area contributed by atoms with Crippen LogP contribution in [0.3, 0.4) is 0 Å². The minimum absolute atomic E-state index is 0.143. The molecule has 0 bridgehead atoms. The van der Waals surface area contributed by atoms with Crippen molar-refractivity contribution in [2.24, 2.45) is 7.05 Å². The number of aryl methyl sites for hydroxylation is 1. The summed E-state index contributed by atoms with van der Waals surface area (Å²) in [6, 6.07) is 9.32. The minimum Gasteiger partial charge on any atom is -0.492 e. The number of hydrogen-bond acceptors (Lipinski definition) is 6. The fraction of sp³-hybridized carbons (Fsp3) is 0.409. The Morgan fingerprint density at radius 2 is 1.87 bits per heavy atom.